The first-order chi connectivity index (χ1) is 6.42. The molecule has 64 valence electrons. The summed E-state index contributed by atoms with van der Waals surface area (Å²) in [5.74, 6) is 0. The fourth-order valence-corrected chi connectivity index (χ4v) is 1.33. The summed E-state index contributed by atoms with van der Waals surface area (Å²) in [5, 5.41) is 4.19. The van der Waals surface area contributed by atoms with Gasteiger partial charge in [-0.25, -0.2) is 0 Å². The Bertz CT molecular complexity index is 430. The van der Waals surface area contributed by atoms with Crippen molar-refractivity contribution in [1.82, 2.24) is 4.98 Å². The average molecular weight is 170 g/mol. The molecule has 1 heterocycles. The van der Waals surface area contributed by atoms with Gasteiger partial charge in [0.25, 0.3) is 0 Å². The van der Waals surface area contributed by atoms with Gasteiger partial charge in [0.1, 0.15) is 0 Å². The molecule has 0 aliphatic heterocycles. The summed E-state index contributed by atoms with van der Waals surface area (Å²) in [5.41, 5.74) is 1.97. The van der Waals surface area contributed by atoms with Crippen molar-refractivity contribution in [3.8, 4) is 0 Å². The van der Waals surface area contributed by atoms with Crippen molar-refractivity contribution in [1.29, 1.82) is 0 Å². The molecule has 2 heteroatoms. The first kappa shape index (κ1) is 7.80. The summed E-state index contributed by atoms with van der Waals surface area (Å²) in [4.78, 5) is 4.29. The van der Waals surface area contributed by atoms with Gasteiger partial charge in [-0.3, -0.25) is 4.98 Å². The standard InChI is InChI=1S/C11H10N2/c1-2-12-10-7-3-5-9-6-4-8-13-11(9)10/h2-8,12H,1H2. The highest BCUT2D eigenvalue weighted by Crippen LogP contribution is 2.20. The van der Waals surface area contributed by atoms with Gasteiger partial charge >= 0.3 is 0 Å². The van der Waals surface area contributed by atoms with E-state index in [9.17, 15) is 0 Å². The fourth-order valence-electron chi connectivity index (χ4n) is 1.33. The highest BCUT2D eigenvalue weighted by atomic mass is 14.9. The number of benzene rings is 1. The molecule has 2 aromatic rings. The number of anilines is 1. The Labute approximate surface area is 76.9 Å². The van der Waals surface area contributed by atoms with Crippen LogP contribution >= 0.6 is 0 Å². The monoisotopic (exact) mass is 170 g/mol. The van der Waals surface area contributed by atoms with E-state index in [1.165, 1.54) is 0 Å². The molecule has 1 N–H and O–H groups in total. The summed E-state index contributed by atoms with van der Waals surface area (Å²) in [6.45, 7) is 3.62. The number of para-hydroxylation sites is 1. The molecule has 0 spiro atoms. The summed E-state index contributed by atoms with van der Waals surface area (Å²) < 4.78 is 0. The van der Waals surface area contributed by atoms with E-state index in [-0.39, 0.29) is 0 Å². The number of rotatable bonds is 2. The zero-order chi connectivity index (χ0) is 9.10. The van der Waals surface area contributed by atoms with E-state index in [1.54, 1.807) is 12.4 Å². The van der Waals surface area contributed by atoms with Gasteiger partial charge in [0.15, 0.2) is 0 Å². The average Bonchev–Trinajstić information content (AvgIpc) is 2.19. The van der Waals surface area contributed by atoms with Gasteiger partial charge < -0.3 is 5.32 Å². The molecular formula is C11H10N2. The Balaban J connectivity index is 2.68. The molecule has 0 saturated heterocycles. The molecule has 0 bridgehead atoms. The first-order valence-electron chi connectivity index (χ1n) is 4.13. The predicted molar refractivity (Wildman–Crippen MR) is 55.6 cm³/mol. The van der Waals surface area contributed by atoms with Crippen molar-refractivity contribution in [3.05, 3.63) is 49.3 Å². The van der Waals surface area contributed by atoms with E-state index in [1.807, 2.05) is 30.3 Å². The molecule has 0 unspecified atom stereocenters. The van der Waals surface area contributed by atoms with Crippen molar-refractivity contribution in [2.45, 2.75) is 0 Å². The molecule has 0 radical (unpaired) electrons. The largest absolute Gasteiger partial charge is 0.361 e. The van der Waals surface area contributed by atoms with Crippen LogP contribution in [-0.2, 0) is 0 Å². The SMILES string of the molecule is C=CNc1cccc2cccnc12. The molecule has 0 atom stereocenters. The van der Waals surface area contributed by atoms with Crippen LogP contribution in [0.5, 0.6) is 0 Å². The lowest BCUT2D eigenvalue weighted by molar-refractivity contribution is 1.41. The normalized spacial score (nSPS) is 9.85. The maximum absolute atomic E-state index is 4.29. The molecule has 0 amide bonds. The van der Waals surface area contributed by atoms with Gasteiger partial charge in [0, 0.05) is 11.6 Å². The number of nitrogens with zero attached hydrogens (tertiary/aromatic N) is 1. The Kier molecular flexibility index (Phi) is 1.96. The van der Waals surface area contributed by atoms with E-state index >= 15 is 0 Å². The van der Waals surface area contributed by atoms with Gasteiger partial charge in [-0.15, -0.1) is 0 Å². The van der Waals surface area contributed by atoms with Crippen LogP contribution in [0.1, 0.15) is 0 Å². The summed E-state index contributed by atoms with van der Waals surface area (Å²) >= 11 is 0. The van der Waals surface area contributed by atoms with Crippen molar-refractivity contribution in [2.24, 2.45) is 0 Å². The van der Waals surface area contributed by atoms with Crippen LogP contribution in [0.4, 0.5) is 5.69 Å². The van der Waals surface area contributed by atoms with E-state index in [2.05, 4.69) is 16.9 Å². The van der Waals surface area contributed by atoms with Crippen LogP contribution in [0.25, 0.3) is 10.9 Å². The number of hydrogen-bond donors (Lipinski definition) is 1. The second-order valence-corrected chi connectivity index (χ2v) is 2.73. The Hall–Kier alpha value is -1.83. The van der Waals surface area contributed by atoms with Crippen LogP contribution < -0.4 is 5.32 Å². The summed E-state index contributed by atoms with van der Waals surface area (Å²) in [7, 11) is 0. The van der Waals surface area contributed by atoms with Crippen molar-refractivity contribution >= 4 is 16.6 Å². The predicted octanol–water partition coefficient (Wildman–Crippen LogP) is 2.79. The van der Waals surface area contributed by atoms with Gasteiger partial charge in [-0.2, -0.15) is 0 Å². The van der Waals surface area contributed by atoms with Crippen LogP contribution in [0.2, 0.25) is 0 Å². The Morgan fingerprint density at radius 2 is 2.08 bits per heavy atom. The third-order valence-electron chi connectivity index (χ3n) is 1.89. The highest BCUT2D eigenvalue weighted by molar-refractivity contribution is 5.90. The Morgan fingerprint density at radius 1 is 1.23 bits per heavy atom. The molecule has 0 aliphatic carbocycles. The van der Waals surface area contributed by atoms with Crippen molar-refractivity contribution in [2.75, 3.05) is 5.32 Å². The second-order valence-electron chi connectivity index (χ2n) is 2.73. The number of hydrogen-bond acceptors (Lipinski definition) is 2. The lowest BCUT2D eigenvalue weighted by atomic mass is 10.2. The maximum Gasteiger partial charge on any atom is 0.0936 e. The van der Waals surface area contributed by atoms with Gasteiger partial charge in [0.2, 0.25) is 0 Å². The number of nitrogens with one attached hydrogen (secondary N) is 1. The molecule has 0 aliphatic rings. The molecule has 1 aromatic heterocycles. The van der Waals surface area contributed by atoms with Crippen LogP contribution in [0.15, 0.2) is 49.3 Å². The first-order valence-corrected chi connectivity index (χ1v) is 4.13. The second kappa shape index (κ2) is 3.27. The van der Waals surface area contributed by atoms with Crippen LogP contribution in [0, 0.1) is 0 Å². The Morgan fingerprint density at radius 3 is 2.92 bits per heavy atom. The minimum atomic E-state index is 0.977. The summed E-state index contributed by atoms with van der Waals surface area (Å²) in [6, 6.07) is 9.99. The van der Waals surface area contributed by atoms with Gasteiger partial charge in [-0.1, -0.05) is 24.8 Å². The molecule has 1 aromatic carbocycles. The topological polar surface area (TPSA) is 24.9 Å². The number of aromatic nitrogens is 1. The molecule has 0 saturated carbocycles. The minimum absolute atomic E-state index is 0.977. The molecule has 2 nitrogen and oxygen atoms in total. The van der Waals surface area contributed by atoms with Crippen molar-refractivity contribution < 1.29 is 0 Å². The van der Waals surface area contributed by atoms with Crippen LogP contribution in [-0.4, -0.2) is 4.98 Å². The molecular weight excluding hydrogens is 160 g/mol. The van der Waals surface area contributed by atoms with E-state index < -0.39 is 0 Å². The quantitative estimate of drug-likeness (QED) is 0.749. The lowest BCUT2D eigenvalue weighted by Crippen LogP contribution is -1.89. The fraction of sp³-hybridized carbons (Fsp3) is 0. The van der Waals surface area contributed by atoms with Gasteiger partial charge in [0.05, 0.1) is 11.2 Å². The third kappa shape index (κ3) is 1.38. The molecule has 2 rings (SSSR count). The van der Waals surface area contributed by atoms with E-state index in [0.717, 1.165) is 16.6 Å². The van der Waals surface area contributed by atoms with Crippen LogP contribution in [0.3, 0.4) is 0 Å². The third-order valence-corrected chi connectivity index (χ3v) is 1.89. The minimum Gasteiger partial charge on any atom is -0.361 e. The highest BCUT2D eigenvalue weighted by Gasteiger charge is 1.97. The zero-order valence-corrected chi connectivity index (χ0v) is 7.20. The summed E-state index contributed by atoms with van der Waals surface area (Å²) in [6.07, 6.45) is 3.44. The lowest BCUT2D eigenvalue weighted by Gasteiger charge is -2.03. The maximum atomic E-state index is 4.29. The van der Waals surface area contributed by atoms with Crippen molar-refractivity contribution in [3.63, 3.8) is 0 Å². The smallest absolute Gasteiger partial charge is 0.0936 e. The number of fused-ring (bicyclic) bond motifs is 1. The van der Waals surface area contributed by atoms with Gasteiger partial charge in [-0.05, 0) is 18.3 Å². The zero-order valence-electron chi connectivity index (χ0n) is 7.20. The van der Waals surface area contributed by atoms with E-state index in [4.69, 9.17) is 0 Å². The van der Waals surface area contributed by atoms with E-state index in [0.29, 0.717) is 0 Å². The number of pyridine rings is 1. The molecule has 0 fully saturated rings. The molecule has 13 heavy (non-hydrogen) atoms.